The van der Waals surface area contributed by atoms with Crippen LogP contribution in [0.15, 0.2) is 53.8 Å². The zero-order chi connectivity index (χ0) is 15.5. The standard InChI is InChI=1S/C15H13N5O2/c1-10-3-2-4-11(7-10)20-15(22)13(9-18-20)19-14(21)12-8-16-5-6-17-12/h2-9,18H,1H3,(H,19,21). The second-order valence-electron chi connectivity index (χ2n) is 4.71. The summed E-state index contributed by atoms with van der Waals surface area (Å²) in [6, 6.07) is 7.47. The summed E-state index contributed by atoms with van der Waals surface area (Å²) in [4.78, 5) is 32.0. The summed E-state index contributed by atoms with van der Waals surface area (Å²) >= 11 is 0. The molecule has 0 atom stereocenters. The molecular formula is C15H13N5O2. The number of hydrogen-bond donors (Lipinski definition) is 2. The summed E-state index contributed by atoms with van der Waals surface area (Å²) in [5, 5.41) is 5.35. The highest BCUT2D eigenvalue weighted by molar-refractivity contribution is 6.02. The molecule has 7 heteroatoms. The second-order valence-corrected chi connectivity index (χ2v) is 4.71. The molecule has 110 valence electrons. The van der Waals surface area contributed by atoms with Crippen molar-refractivity contribution in [2.75, 3.05) is 5.32 Å². The number of aryl methyl sites for hydroxylation is 1. The molecule has 0 radical (unpaired) electrons. The van der Waals surface area contributed by atoms with Crippen molar-refractivity contribution in [3.05, 3.63) is 70.7 Å². The SMILES string of the molecule is Cc1cccc(-n2[nH]cc(NC(=O)c3cnccn3)c2=O)c1. The molecule has 0 aliphatic carbocycles. The Morgan fingerprint density at radius 3 is 2.91 bits per heavy atom. The lowest BCUT2D eigenvalue weighted by Gasteiger charge is -2.02. The molecule has 3 aromatic rings. The van der Waals surface area contributed by atoms with E-state index in [1.807, 2.05) is 25.1 Å². The lowest BCUT2D eigenvalue weighted by atomic mass is 10.2. The highest BCUT2D eigenvalue weighted by Gasteiger charge is 2.13. The van der Waals surface area contributed by atoms with Gasteiger partial charge in [-0.25, -0.2) is 9.67 Å². The van der Waals surface area contributed by atoms with Gasteiger partial charge >= 0.3 is 0 Å². The summed E-state index contributed by atoms with van der Waals surface area (Å²) in [5.74, 6) is -0.486. The van der Waals surface area contributed by atoms with Crippen LogP contribution in [0.25, 0.3) is 5.69 Å². The molecule has 0 fully saturated rings. The number of carbonyl (C=O) groups is 1. The number of hydrogen-bond acceptors (Lipinski definition) is 4. The molecule has 2 heterocycles. The Morgan fingerprint density at radius 1 is 1.32 bits per heavy atom. The first-order valence-corrected chi connectivity index (χ1v) is 6.60. The van der Waals surface area contributed by atoms with E-state index < -0.39 is 5.91 Å². The van der Waals surface area contributed by atoms with Crippen molar-refractivity contribution in [2.24, 2.45) is 0 Å². The first kappa shape index (κ1) is 13.7. The first-order valence-electron chi connectivity index (χ1n) is 6.60. The molecule has 0 saturated heterocycles. The molecule has 22 heavy (non-hydrogen) atoms. The van der Waals surface area contributed by atoms with Gasteiger partial charge in [-0.2, -0.15) is 0 Å². The number of amides is 1. The fourth-order valence-corrected chi connectivity index (χ4v) is 2.02. The van der Waals surface area contributed by atoms with Gasteiger partial charge in [0.05, 0.1) is 11.9 Å². The molecule has 7 nitrogen and oxygen atoms in total. The van der Waals surface area contributed by atoms with Gasteiger partial charge in [0.1, 0.15) is 11.4 Å². The lowest BCUT2D eigenvalue weighted by molar-refractivity contribution is 0.102. The van der Waals surface area contributed by atoms with E-state index in [2.05, 4.69) is 20.4 Å². The Bertz CT molecular complexity index is 867. The van der Waals surface area contributed by atoms with Gasteiger partial charge in [0.25, 0.3) is 11.5 Å². The molecule has 1 amide bonds. The molecule has 2 N–H and O–H groups in total. The van der Waals surface area contributed by atoms with Crippen molar-refractivity contribution >= 4 is 11.6 Å². The Labute approximate surface area is 125 Å². The maximum atomic E-state index is 12.3. The summed E-state index contributed by atoms with van der Waals surface area (Å²) in [5.41, 5.74) is 1.68. The number of rotatable bonds is 3. The molecular weight excluding hydrogens is 282 g/mol. The zero-order valence-corrected chi connectivity index (χ0v) is 11.8. The minimum atomic E-state index is -0.486. The van der Waals surface area contributed by atoms with E-state index in [0.717, 1.165) is 5.56 Å². The van der Waals surface area contributed by atoms with Crippen LogP contribution in [0.2, 0.25) is 0 Å². The van der Waals surface area contributed by atoms with E-state index in [0.29, 0.717) is 5.69 Å². The van der Waals surface area contributed by atoms with Crippen molar-refractivity contribution < 1.29 is 4.79 Å². The summed E-state index contributed by atoms with van der Waals surface area (Å²) in [6.07, 6.45) is 5.66. The maximum Gasteiger partial charge on any atom is 0.294 e. The van der Waals surface area contributed by atoms with Crippen molar-refractivity contribution in [2.45, 2.75) is 6.92 Å². The number of nitrogens with zero attached hydrogens (tertiary/aromatic N) is 3. The Kier molecular flexibility index (Phi) is 3.53. The number of carbonyl (C=O) groups excluding carboxylic acids is 1. The molecule has 0 bridgehead atoms. The Morgan fingerprint density at radius 2 is 2.18 bits per heavy atom. The first-order chi connectivity index (χ1) is 10.6. The zero-order valence-electron chi connectivity index (χ0n) is 11.8. The number of anilines is 1. The predicted molar refractivity (Wildman–Crippen MR) is 81.1 cm³/mol. The minimum Gasteiger partial charge on any atom is -0.315 e. The van der Waals surface area contributed by atoms with Crippen LogP contribution >= 0.6 is 0 Å². The Hall–Kier alpha value is -3.22. The van der Waals surface area contributed by atoms with Crippen LogP contribution in [-0.2, 0) is 0 Å². The lowest BCUT2D eigenvalue weighted by Crippen LogP contribution is -2.21. The second kappa shape index (κ2) is 5.65. The smallest absolute Gasteiger partial charge is 0.294 e. The van der Waals surface area contributed by atoms with Crippen LogP contribution in [0.4, 0.5) is 5.69 Å². The van der Waals surface area contributed by atoms with Crippen molar-refractivity contribution in [1.29, 1.82) is 0 Å². The molecule has 2 aromatic heterocycles. The van der Waals surface area contributed by atoms with Gasteiger partial charge in [-0.15, -0.1) is 0 Å². The largest absolute Gasteiger partial charge is 0.315 e. The van der Waals surface area contributed by atoms with Crippen LogP contribution in [0.1, 0.15) is 16.1 Å². The van der Waals surface area contributed by atoms with Crippen LogP contribution < -0.4 is 10.9 Å². The van der Waals surface area contributed by atoms with E-state index in [9.17, 15) is 9.59 Å². The molecule has 0 saturated carbocycles. The van der Waals surface area contributed by atoms with Crippen molar-refractivity contribution in [3.8, 4) is 5.69 Å². The van der Waals surface area contributed by atoms with Gasteiger partial charge in [-0.05, 0) is 24.6 Å². The fourth-order valence-electron chi connectivity index (χ4n) is 2.02. The van der Waals surface area contributed by atoms with Crippen LogP contribution in [-0.4, -0.2) is 25.7 Å². The van der Waals surface area contributed by atoms with Gasteiger partial charge < -0.3 is 5.32 Å². The average molecular weight is 295 g/mol. The van der Waals surface area contributed by atoms with Crippen LogP contribution in [0, 0.1) is 6.92 Å². The minimum absolute atomic E-state index is 0.144. The Balaban J connectivity index is 1.88. The van der Waals surface area contributed by atoms with E-state index in [-0.39, 0.29) is 16.9 Å². The highest BCUT2D eigenvalue weighted by atomic mass is 16.2. The van der Waals surface area contributed by atoms with Gasteiger partial charge in [-0.3, -0.25) is 19.7 Å². The number of benzene rings is 1. The highest BCUT2D eigenvalue weighted by Crippen LogP contribution is 2.09. The topological polar surface area (TPSA) is 92.7 Å². The third-order valence-electron chi connectivity index (χ3n) is 3.08. The third-order valence-corrected chi connectivity index (χ3v) is 3.08. The maximum absolute atomic E-state index is 12.3. The quantitative estimate of drug-likeness (QED) is 0.766. The molecule has 3 rings (SSSR count). The van der Waals surface area contributed by atoms with E-state index in [1.165, 1.54) is 29.5 Å². The molecule has 1 aromatic carbocycles. The van der Waals surface area contributed by atoms with Crippen molar-refractivity contribution in [3.63, 3.8) is 0 Å². The monoisotopic (exact) mass is 295 g/mol. The van der Waals surface area contributed by atoms with Gasteiger partial charge in [0, 0.05) is 18.6 Å². The van der Waals surface area contributed by atoms with Gasteiger partial charge in [0.2, 0.25) is 0 Å². The van der Waals surface area contributed by atoms with Gasteiger partial charge in [-0.1, -0.05) is 12.1 Å². The summed E-state index contributed by atoms with van der Waals surface area (Å²) in [6.45, 7) is 1.94. The summed E-state index contributed by atoms with van der Waals surface area (Å²) < 4.78 is 1.36. The molecule has 0 unspecified atom stereocenters. The molecule has 0 aliphatic heterocycles. The fraction of sp³-hybridized carbons (Fsp3) is 0.0667. The van der Waals surface area contributed by atoms with Crippen molar-refractivity contribution in [1.82, 2.24) is 19.7 Å². The number of nitrogens with one attached hydrogen (secondary N) is 2. The summed E-state index contributed by atoms with van der Waals surface area (Å²) in [7, 11) is 0. The molecule has 0 spiro atoms. The third kappa shape index (κ3) is 2.64. The number of H-pyrrole nitrogens is 1. The van der Waals surface area contributed by atoms with Gasteiger partial charge in [0.15, 0.2) is 0 Å². The van der Waals surface area contributed by atoms with Crippen LogP contribution in [0.5, 0.6) is 0 Å². The van der Waals surface area contributed by atoms with E-state index in [1.54, 1.807) is 6.07 Å². The van der Waals surface area contributed by atoms with Crippen LogP contribution in [0.3, 0.4) is 0 Å². The average Bonchev–Trinajstić information content (AvgIpc) is 2.89. The molecule has 0 aliphatic rings. The normalized spacial score (nSPS) is 10.4. The predicted octanol–water partition coefficient (Wildman–Crippen LogP) is 1.52. The number of aromatic nitrogens is 4. The van der Waals surface area contributed by atoms with E-state index in [4.69, 9.17) is 0 Å². The number of aromatic amines is 1. The van der Waals surface area contributed by atoms with E-state index >= 15 is 0 Å².